The van der Waals surface area contributed by atoms with Crippen LogP contribution in [-0.2, 0) is 0 Å². The molecule has 2 aromatic rings. The summed E-state index contributed by atoms with van der Waals surface area (Å²) in [6.07, 6.45) is 1.39. The molecule has 0 aliphatic rings. The Labute approximate surface area is 69.3 Å². The maximum atomic E-state index is 8.38. The van der Waals surface area contributed by atoms with E-state index in [0.29, 0.717) is 5.82 Å². The number of aromatic amines is 1. The summed E-state index contributed by atoms with van der Waals surface area (Å²) in [5.41, 5.74) is 1.85. The van der Waals surface area contributed by atoms with Crippen LogP contribution < -0.4 is 0 Å². The van der Waals surface area contributed by atoms with Crippen molar-refractivity contribution in [2.45, 2.75) is 0 Å². The summed E-state index contributed by atoms with van der Waals surface area (Å²) in [6.45, 7) is 0. The molecule has 0 unspecified atom stereocenters. The fourth-order valence-electron chi connectivity index (χ4n) is 1.10. The zero-order valence-electron chi connectivity index (χ0n) is 6.28. The lowest BCUT2D eigenvalue weighted by atomic mass is 10.3. The van der Waals surface area contributed by atoms with Crippen LogP contribution in [0.2, 0.25) is 0 Å². The van der Waals surface area contributed by atoms with Crippen molar-refractivity contribution in [1.29, 1.82) is 0 Å². The van der Waals surface area contributed by atoms with Crippen molar-refractivity contribution >= 4 is 23.0 Å². The molecule has 0 spiro atoms. The molecule has 3 nitrogen and oxygen atoms in total. The first-order valence-corrected chi connectivity index (χ1v) is 3.58. The minimum absolute atomic E-state index is 0.610. The van der Waals surface area contributed by atoms with E-state index in [9.17, 15) is 0 Å². The molecule has 0 saturated carbocycles. The maximum absolute atomic E-state index is 8.38. The Hall–Kier alpha value is -1.86. The van der Waals surface area contributed by atoms with Gasteiger partial charge in [0.1, 0.15) is 5.82 Å². The quantitative estimate of drug-likeness (QED) is 0.629. The second-order valence-corrected chi connectivity index (χ2v) is 2.41. The van der Waals surface area contributed by atoms with E-state index in [1.54, 1.807) is 0 Å². The topological polar surface area (TPSA) is 51.0 Å². The SMILES string of the molecule is [N-]=C=Cc1nc2ccccc2[nH]1. The van der Waals surface area contributed by atoms with Gasteiger partial charge >= 0.3 is 0 Å². The summed E-state index contributed by atoms with van der Waals surface area (Å²) in [6, 6.07) is 7.67. The van der Waals surface area contributed by atoms with Gasteiger partial charge in [-0.3, -0.25) is 5.87 Å². The molecule has 58 valence electrons. The molecule has 1 aromatic carbocycles. The van der Waals surface area contributed by atoms with Crippen LogP contribution in [0.15, 0.2) is 24.3 Å². The number of imidazole rings is 1. The number of para-hydroxylation sites is 2. The van der Waals surface area contributed by atoms with Crippen LogP contribution in [0, 0.1) is 0 Å². The molecule has 12 heavy (non-hydrogen) atoms. The molecule has 2 rings (SSSR count). The molecule has 0 fully saturated rings. The molecular formula is C9H6N3-. The Morgan fingerprint density at radius 1 is 1.42 bits per heavy atom. The lowest BCUT2D eigenvalue weighted by Crippen LogP contribution is -1.71. The number of rotatable bonds is 1. The van der Waals surface area contributed by atoms with Gasteiger partial charge in [0.15, 0.2) is 0 Å². The highest BCUT2D eigenvalue weighted by Crippen LogP contribution is 2.09. The van der Waals surface area contributed by atoms with E-state index in [-0.39, 0.29) is 0 Å². The third-order valence-corrected chi connectivity index (χ3v) is 1.61. The molecule has 1 heterocycles. The zero-order valence-corrected chi connectivity index (χ0v) is 6.28. The number of hydrogen-bond donors (Lipinski definition) is 1. The first-order valence-electron chi connectivity index (χ1n) is 3.58. The van der Waals surface area contributed by atoms with E-state index < -0.39 is 0 Å². The van der Waals surface area contributed by atoms with Crippen molar-refractivity contribution in [3.8, 4) is 0 Å². The highest BCUT2D eigenvalue weighted by atomic mass is 14.9. The molecule has 0 amide bonds. The minimum atomic E-state index is 0.610. The van der Waals surface area contributed by atoms with E-state index in [1.165, 1.54) is 6.08 Å². The fourth-order valence-corrected chi connectivity index (χ4v) is 1.10. The molecule has 0 aliphatic heterocycles. The van der Waals surface area contributed by atoms with Crippen LogP contribution in [0.4, 0.5) is 0 Å². The van der Waals surface area contributed by atoms with Crippen LogP contribution in [0.5, 0.6) is 0 Å². The van der Waals surface area contributed by atoms with E-state index >= 15 is 0 Å². The fraction of sp³-hybridized carbons (Fsp3) is 0. The Morgan fingerprint density at radius 2 is 2.25 bits per heavy atom. The first kappa shape index (κ1) is 6.83. The highest BCUT2D eigenvalue weighted by Gasteiger charge is 1.95. The van der Waals surface area contributed by atoms with Crippen LogP contribution in [0.25, 0.3) is 22.5 Å². The number of aromatic nitrogens is 2. The smallest absolute Gasteiger partial charge is 0.137 e. The molecule has 3 heteroatoms. The Kier molecular flexibility index (Phi) is 1.50. The summed E-state index contributed by atoms with van der Waals surface area (Å²) in [5.74, 6) is 2.54. The van der Waals surface area contributed by atoms with Gasteiger partial charge in [-0.25, -0.2) is 4.98 Å². The third kappa shape index (κ3) is 1.02. The van der Waals surface area contributed by atoms with Crippen LogP contribution in [0.3, 0.4) is 0 Å². The van der Waals surface area contributed by atoms with Gasteiger partial charge in [-0.05, 0) is 18.2 Å². The molecular weight excluding hydrogens is 150 g/mol. The molecule has 0 radical (unpaired) electrons. The Balaban J connectivity index is 2.69. The minimum Gasteiger partial charge on any atom is -0.763 e. The monoisotopic (exact) mass is 156 g/mol. The lowest BCUT2D eigenvalue weighted by Gasteiger charge is -1.81. The normalized spacial score (nSPS) is 9.67. The Morgan fingerprint density at radius 3 is 3.00 bits per heavy atom. The van der Waals surface area contributed by atoms with Crippen LogP contribution in [-0.4, -0.2) is 15.8 Å². The largest absolute Gasteiger partial charge is 0.763 e. The van der Waals surface area contributed by atoms with Gasteiger partial charge < -0.3 is 10.4 Å². The van der Waals surface area contributed by atoms with Crippen molar-refractivity contribution in [3.05, 3.63) is 35.5 Å². The lowest BCUT2D eigenvalue weighted by molar-refractivity contribution is 1.30. The number of nitrogens with one attached hydrogen (secondary N) is 1. The summed E-state index contributed by atoms with van der Waals surface area (Å²) in [7, 11) is 0. The van der Waals surface area contributed by atoms with E-state index in [0.717, 1.165) is 11.0 Å². The van der Waals surface area contributed by atoms with E-state index in [1.807, 2.05) is 30.1 Å². The van der Waals surface area contributed by atoms with Gasteiger partial charge in [0.2, 0.25) is 0 Å². The van der Waals surface area contributed by atoms with E-state index in [4.69, 9.17) is 5.41 Å². The summed E-state index contributed by atoms with van der Waals surface area (Å²) in [4.78, 5) is 7.18. The zero-order chi connectivity index (χ0) is 8.39. The van der Waals surface area contributed by atoms with Crippen LogP contribution in [0.1, 0.15) is 5.82 Å². The predicted molar refractivity (Wildman–Crippen MR) is 48.9 cm³/mol. The molecule has 0 bridgehead atoms. The summed E-state index contributed by atoms with van der Waals surface area (Å²) >= 11 is 0. The molecule has 0 saturated heterocycles. The van der Waals surface area contributed by atoms with Crippen molar-refractivity contribution in [2.75, 3.05) is 0 Å². The van der Waals surface area contributed by atoms with Crippen molar-refractivity contribution < 1.29 is 0 Å². The first-order chi connectivity index (χ1) is 5.90. The predicted octanol–water partition coefficient (Wildman–Crippen LogP) is 1.82. The van der Waals surface area contributed by atoms with E-state index in [2.05, 4.69) is 9.97 Å². The van der Waals surface area contributed by atoms with Crippen molar-refractivity contribution in [1.82, 2.24) is 9.97 Å². The molecule has 1 N–H and O–H groups in total. The number of hydrogen-bond acceptors (Lipinski definition) is 1. The van der Waals surface area contributed by atoms with Gasteiger partial charge in [0.05, 0.1) is 11.0 Å². The second kappa shape index (κ2) is 2.64. The Bertz CT molecular complexity index is 416. The number of fused-ring (bicyclic) bond motifs is 1. The highest BCUT2D eigenvalue weighted by molar-refractivity contribution is 5.82. The van der Waals surface area contributed by atoms with Gasteiger partial charge in [0.25, 0.3) is 0 Å². The van der Waals surface area contributed by atoms with Crippen molar-refractivity contribution in [3.63, 3.8) is 0 Å². The summed E-state index contributed by atoms with van der Waals surface area (Å²) in [5, 5.41) is 8.38. The molecule has 0 aliphatic carbocycles. The second-order valence-electron chi connectivity index (χ2n) is 2.41. The van der Waals surface area contributed by atoms with Gasteiger partial charge in [-0.1, -0.05) is 12.1 Å². The van der Waals surface area contributed by atoms with Gasteiger partial charge in [-0.2, -0.15) is 0 Å². The standard InChI is InChI=1S/C9H6N3/c10-6-5-9-11-7-3-1-2-4-8(7)12-9/h1-5H,(H,11,12)/q-1. The third-order valence-electron chi connectivity index (χ3n) is 1.61. The van der Waals surface area contributed by atoms with Gasteiger partial charge in [-0.15, -0.1) is 0 Å². The maximum Gasteiger partial charge on any atom is 0.137 e. The summed E-state index contributed by atoms with van der Waals surface area (Å²) < 4.78 is 0. The molecule has 1 aromatic heterocycles. The number of benzene rings is 1. The van der Waals surface area contributed by atoms with Crippen molar-refractivity contribution in [2.24, 2.45) is 0 Å². The van der Waals surface area contributed by atoms with Gasteiger partial charge in [0, 0.05) is 0 Å². The number of nitrogens with zero attached hydrogens (tertiary/aromatic N) is 2. The average Bonchev–Trinajstić information content (AvgIpc) is 2.47. The molecule has 0 atom stereocenters. The number of H-pyrrole nitrogens is 1. The average molecular weight is 156 g/mol. The van der Waals surface area contributed by atoms with Crippen LogP contribution >= 0.6 is 0 Å².